The third-order valence-corrected chi connectivity index (χ3v) is 3.32. The fourth-order valence-electron chi connectivity index (χ4n) is 2.22. The van der Waals surface area contributed by atoms with E-state index in [1.807, 2.05) is 0 Å². The molecule has 1 aliphatic rings. The van der Waals surface area contributed by atoms with Crippen LogP contribution < -0.4 is 4.74 Å². The summed E-state index contributed by atoms with van der Waals surface area (Å²) in [5.74, 6) is -4.78. The zero-order valence-electron chi connectivity index (χ0n) is 12.2. The van der Waals surface area contributed by atoms with Crippen LogP contribution >= 0.6 is 0 Å². The fraction of sp³-hybridized carbons (Fsp3) is 0.0625. The van der Waals surface area contributed by atoms with Crippen molar-refractivity contribution < 1.29 is 37.1 Å². The Kier molecular flexibility index (Phi) is 4.14. The largest absolute Gasteiger partial charge is 0.435 e. The summed E-state index contributed by atoms with van der Waals surface area (Å²) >= 11 is 0. The van der Waals surface area contributed by atoms with Gasteiger partial charge in [0.2, 0.25) is 0 Å². The van der Waals surface area contributed by atoms with Gasteiger partial charge < -0.3 is 9.57 Å². The number of carbonyl (C=O) groups is 3. The van der Waals surface area contributed by atoms with Crippen molar-refractivity contribution in [3.05, 3.63) is 65.0 Å². The van der Waals surface area contributed by atoms with Gasteiger partial charge >= 0.3 is 12.6 Å². The molecule has 0 atom stereocenters. The van der Waals surface area contributed by atoms with E-state index in [1.165, 1.54) is 24.3 Å². The maximum atomic E-state index is 13.9. The van der Waals surface area contributed by atoms with Crippen molar-refractivity contribution in [2.24, 2.45) is 0 Å². The molecule has 0 aromatic heterocycles. The number of carbonyl (C=O) groups excluding carboxylic acids is 3. The van der Waals surface area contributed by atoms with Gasteiger partial charge in [-0.3, -0.25) is 9.59 Å². The predicted molar refractivity (Wildman–Crippen MR) is 75.4 cm³/mol. The molecule has 0 saturated heterocycles. The molecule has 0 bridgehead atoms. The minimum absolute atomic E-state index is 0.0430. The zero-order chi connectivity index (χ0) is 18.1. The lowest BCUT2D eigenvalue weighted by molar-refractivity contribution is -0.0589. The van der Waals surface area contributed by atoms with Crippen molar-refractivity contribution in [1.29, 1.82) is 0 Å². The molecule has 9 heteroatoms. The molecule has 3 rings (SSSR count). The quantitative estimate of drug-likeness (QED) is 0.792. The van der Waals surface area contributed by atoms with E-state index in [9.17, 15) is 27.6 Å². The fourth-order valence-corrected chi connectivity index (χ4v) is 2.22. The number of alkyl halides is 2. The number of ether oxygens (including phenoxy) is 1. The van der Waals surface area contributed by atoms with Gasteiger partial charge in [-0.1, -0.05) is 17.2 Å². The molecule has 2 aromatic rings. The number of nitrogens with zero attached hydrogens (tertiary/aromatic N) is 1. The molecule has 0 spiro atoms. The van der Waals surface area contributed by atoms with Gasteiger partial charge in [-0.25, -0.2) is 9.18 Å². The van der Waals surface area contributed by atoms with E-state index in [0.29, 0.717) is 6.07 Å². The van der Waals surface area contributed by atoms with Crippen LogP contribution in [0.4, 0.5) is 13.2 Å². The first-order chi connectivity index (χ1) is 11.9. The number of imide groups is 1. The number of rotatable bonds is 4. The summed E-state index contributed by atoms with van der Waals surface area (Å²) in [6, 6.07) is 8.13. The van der Waals surface area contributed by atoms with Gasteiger partial charge in [-0.2, -0.15) is 8.78 Å². The Balaban J connectivity index is 1.80. The molecule has 1 heterocycles. The van der Waals surface area contributed by atoms with Crippen LogP contribution in [0.25, 0.3) is 0 Å². The van der Waals surface area contributed by atoms with Crippen molar-refractivity contribution in [2.45, 2.75) is 6.61 Å². The zero-order valence-corrected chi connectivity index (χ0v) is 12.2. The average molecular weight is 351 g/mol. The highest BCUT2D eigenvalue weighted by molar-refractivity contribution is 6.21. The summed E-state index contributed by atoms with van der Waals surface area (Å²) in [5, 5.41) is 0.218. The van der Waals surface area contributed by atoms with Crippen LogP contribution in [0.3, 0.4) is 0 Å². The van der Waals surface area contributed by atoms with Gasteiger partial charge in [0.15, 0.2) is 0 Å². The van der Waals surface area contributed by atoms with Crippen LogP contribution in [0.15, 0.2) is 42.5 Å². The second kappa shape index (κ2) is 6.27. The lowest BCUT2D eigenvalue weighted by Gasteiger charge is -2.13. The SMILES string of the molecule is O=C(ON1C(=O)c2ccccc2C1=O)c1ccc(OC(F)F)cc1F. The van der Waals surface area contributed by atoms with E-state index in [4.69, 9.17) is 0 Å². The Morgan fingerprint density at radius 3 is 2.12 bits per heavy atom. The molecule has 1 aliphatic heterocycles. The van der Waals surface area contributed by atoms with Crippen LogP contribution in [0, 0.1) is 5.82 Å². The van der Waals surface area contributed by atoms with E-state index in [0.717, 1.165) is 12.1 Å². The van der Waals surface area contributed by atoms with E-state index < -0.39 is 41.5 Å². The lowest BCUT2D eigenvalue weighted by Crippen LogP contribution is -2.33. The number of halogens is 3. The standard InChI is InChI=1S/C16H8F3NO5/c17-12-7-8(24-16(18)19)5-6-11(12)15(23)25-20-13(21)9-3-1-2-4-10(9)14(20)22/h1-7,16H. The van der Waals surface area contributed by atoms with Gasteiger partial charge in [-0.15, -0.1) is 0 Å². The highest BCUT2D eigenvalue weighted by Crippen LogP contribution is 2.24. The Morgan fingerprint density at radius 2 is 1.60 bits per heavy atom. The maximum absolute atomic E-state index is 13.9. The van der Waals surface area contributed by atoms with Crippen LogP contribution in [-0.2, 0) is 4.84 Å². The first-order valence-corrected chi connectivity index (χ1v) is 6.83. The van der Waals surface area contributed by atoms with E-state index >= 15 is 0 Å². The molecule has 6 nitrogen and oxygen atoms in total. The highest BCUT2D eigenvalue weighted by atomic mass is 19.3. The summed E-state index contributed by atoms with van der Waals surface area (Å²) in [4.78, 5) is 40.8. The number of fused-ring (bicyclic) bond motifs is 1. The molecule has 2 amide bonds. The summed E-state index contributed by atoms with van der Waals surface area (Å²) < 4.78 is 42.0. The molecule has 0 unspecified atom stereocenters. The van der Waals surface area contributed by atoms with Crippen molar-refractivity contribution in [1.82, 2.24) is 5.06 Å². The molecule has 25 heavy (non-hydrogen) atoms. The average Bonchev–Trinajstić information content (AvgIpc) is 2.80. The Labute approximate surface area is 138 Å². The van der Waals surface area contributed by atoms with Crippen molar-refractivity contribution >= 4 is 17.8 Å². The summed E-state index contributed by atoms with van der Waals surface area (Å²) in [7, 11) is 0. The smallest absolute Gasteiger partial charge is 0.387 e. The molecular weight excluding hydrogens is 343 g/mol. The Morgan fingerprint density at radius 1 is 1.00 bits per heavy atom. The Bertz CT molecular complexity index is 849. The van der Waals surface area contributed by atoms with Crippen molar-refractivity contribution in [2.75, 3.05) is 0 Å². The third-order valence-electron chi connectivity index (χ3n) is 3.32. The molecular formula is C16H8F3NO5. The van der Waals surface area contributed by atoms with Gasteiger partial charge in [0.25, 0.3) is 11.8 Å². The van der Waals surface area contributed by atoms with Crippen LogP contribution in [0.1, 0.15) is 31.1 Å². The predicted octanol–water partition coefficient (Wildman–Crippen LogP) is 2.80. The molecule has 0 radical (unpaired) electrons. The molecule has 128 valence electrons. The van der Waals surface area contributed by atoms with E-state index in [-0.39, 0.29) is 16.2 Å². The number of hydroxylamine groups is 2. The topological polar surface area (TPSA) is 72.9 Å². The molecule has 0 fully saturated rings. The third kappa shape index (κ3) is 3.03. The first-order valence-electron chi connectivity index (χ1n) is 6.83. The minimum Gasteiger partial charge on any atom is -0.435 e. The van der Waals surface area contributed by atoms with Crippen LogP contribution in [0.2, 0.25) is 0 Å². The number of benzene rings is 2. The second-order valence-corrected chi connectivity index (χ2v) is 4.85. The van der Waals surface area contributed by atoms with E-state index in [1.54, 1.807) is 0 Å². The second-order valence-electron chi connectivity index (χ2n) is 4.85. The van der Waals surface area contributed by atoms with Gasteiger partial charge in [0.05, 0.1) is 16.7 Å². The number of hydrogen-bond acceptors (Lipinski definition) is 5. The van der Waals surface area contributed by atoms with E-state index in [2.05, 4.69) is 9.57 Å². The van der Waals surface area contributed by atoms with Crippen molar-refractivity contribution in [3.8, 4) is 5.75 Å². The van der Waals surface area contributed by atoms with Crippen molar-refractivity contribution in [3.63, 3.8) is 0 Å². The molecule has 0 N–H and O–H groups in total. The lowest BCUT2D eigenvalue weighted by atomic mass is 10.1. The van der Waals surface area contributed by atoms with Crippen LogP contribution in [0.5, 0.6) is 5.75 Å². The monoisotopic (exact) mass is 351 g/mol. The highest BCUT2D eigenvalue weighted by Gasteiger charge is 2.39. The molecule has 0 saturated carbocycles. The molecule has 2 aromatic carbocycles. The summed E-state index contributed by atoms with van der Waals surface area (Å²) in [6.45, 7) is -3.16. The number of amides is 2. The Hall–Kier alpha value is -3.36. The normalized spacial score (nSPS) is 13.2. The van der Waals surface area contributed by atoms with Crippen LogP contribution in [-0.4, -0.2) is 29.5 Å². The summed E-state index contributed by atoms with van der Waals surface area (Å²) in [6.07, 6.45) is 0. The molecule has 0 aliphatic carbocycles. The van der Waals surface area contributed by atoms with Gasteiger partial charge in [-0.05, 0) is 24.3 Å². The summed E-state index contributed by atoms with van der Waals surface area (Å²) in [5.41, 5.74) is -0.568. The minimum atomic E-state index is -3.16. The first kappa shape index (κ1) is 16.5. The number of hydrogen-bond donors (Lipinski definition) is 0. The van der Waals surface area contributed by atoms with Gasteiger partial charge in [0, 0.05) is 6.07 Å². The maximum Gasteiger partial charge on any atom is 0.387 e. The van der Waals surface area contributed by atoms with Gasteiger partial charge in [0.1, 0.15) is 11.6 Å².